The molecule has 0 fully saturated rings. The van der Waals surface area contributed by atoms with E-state index in [1.807, 2.05) is 0 Å². The summed E-state index contributed by atoms with van der Waals surface area (Å²) in [5.41, 5.74) is 0.768. The maximum Gasteiger partial charge on any atom is 0.325 e. The summed E-state index contributed by atoms with van der Waals surface area (Å²) >= 11 is 0. The predicted molar refractivity (Wildman–Crippen MR) is 71.1 cm³/mol. The zero-order valence-electron chi connectivity index (χ0n) is 11.3. The molecule has 0 aliphatic carbocycles. The van der Waals surface area contributed by atoms with E-state index in [9.17, 15) is 9.59 Å². The number of aliphatic carboxylic acids is 1. The topological polar surface area (TPSA) is 118 Å². The van der Waals surface area contributed by atoms with Crippen LogP contribution in [-0.2, 0) is 16.0 Å². The summed E-state index contributed by atoms with van der Waals surface area (Å²) in [5, 5.41) is 14.9. The number of hydrogen-bond donors (Lipinski definition) is 2. The zero-order chi connectivity index (χ0) is 15.2. The van der Waals surface area contributed by atoms with Crippen molar-refractivity contribution in [2.45, 2.75) is 25.8 Å². The van der Waals surface area contributed by atoms with E-state index in [0.717, 1.165) is 5.56 Å². The molecule has 0 aliphatic rings. The maximum absolute atomic E-state index is 11.5. The number of carbonyl (C=O) groups excluding carboxylic acids is 1. The highest BCUT2D eigenvalue weighted by Crippen LogP contribution is 2.14. The third kappa shape index (κ3) is 4.10. The Morgan fingerprint density at radius 3 is 2.76 bits per heavy atom. The monoisotopic (exact) mass is 290 g/mol. The van der Waals surface area contributed by atoms with E-state index in [0.29, 0.717) is 11.7 Å². The summed E-state index contributed by atoms with van der Waals surface area (Å²) in [5.74, 6) is -0.721. The molecular formula is C13H14N4O4. The second kappa shape index (κ2) is 6.60. The molecule has 8 heteroatoms. The number of aryl methyl sites for hydroxylation is 1. The molecule has 1 atom stereocenters. The summed E-state index contributed by atoms with van der Waals surface area (Å²) in [4.78, 5) is 30.2. The van der Waals surface area contributed by atoms with Gasteiger partial charge < -0.3 is 14.9 Å². The van der Waals surface area contributed by atoms with Crippen molar-refractivity contribution in [2.75, 3.05) is 0 Å². The molecule has 21 heavy (non-hydrogen) atoms. The van der Waals surface area contributed by atoms with E-state index < -0.39 is 12.0 Å². The zero-order valence-corrected chi connectivity index (χ0v) is 11.3. The molecule has 0 aromatic carbocycles. The van der Waals surface area contributed by atoms with Crippen molar-refractivity contribution < 1.29 is 19.2 Å². The van der Waals surface area contributed by atoms with Crippen LogP contribution in [0, 0.1) is 0 Å². The van der Waals surface area contributed by atoms with Gasteiger partial charge in [-0.2, -0.15) is 4.98 Å². The Kier molecular flexibility index (Phi) is 4.60. The van der Waals surface area contributed by atoms with Crippen LogP contribution in [0.4, 0.5) is 0 Å². The lowest BCUT2D eigenvalue weighted by Crippen LogP contribution is -2.38. The molecule has 8 nitrogen and oxygen atoms in total. The minimum atomic E-state index is -1.08. The van der Waals surface area contributed by atoms with Crippen LogP contribution in [0.15, 0.2) is 29.0 Å². The number of carbonyl (C=O) groups is 2. The van der Waals surface area contributed by atoms with E-state index in [4.69, 9.17) is 9.63 Å². The maximum atomic E-state index is 11.5. The number of hydrogen-bond acceptors (Lipinski definition) is 6. The molecule has 0 saturated heterocycles. The van der Waals surface area contributed by atoms with E-state index in [1.165, 1.54) is 6.92 Å². The van der Waals surface area contributed by atoms with Crippen molar-refractivity contribution >= 4 is 11.9 Å². The summed E-state index contributed by atoms with van der Waals surface area (Å²) in [6.45, 7) is 1.40. The Hall–Kier alpha value is -2.77. The molecule has 0 radical (unpaired) electrons. The normalized spacial score (nSPS) is 11.9. The Balaban J connectivity index is 1.89. The first-order valence-electron chi connectivity index (χ1n) is 6.31. The van der Waals surface area contributed by atoms with Crippen molar-refractivity contribution in [2.24, 2.45) is 0 Å². The molecule has 2 N–H and O–H groups in total. The van der Waals surface area contributed by atoms with Crippen LogP contribution < -0.4 is 5.32 Å². The molecule has 2 aromatic rings. The lowest BCUT2D eigenvalue weighted by molar-refractivity contribution is -0.141. The molecule has 0 bridgehead atoms. The Labute approximate surface area is 120 Å². The van der Waals surface area contributed by atoms with Gasteiger partial charge in [0.25, 0.3) is 0 Å². The highest BCUT2D eigenvalue weighted by atomic mass is 16.5. The fourth-order valence-electron chi connectivity index (χ4n) is 1.57. The average Bonchev–Trinajstić information content (AvgIpc) is 2.95. The summed E-state index contributed by atoms with van der Waals surface area (Å²) in [6.07, 6.45) is 3.56. The SMILES string of the molecule is C[C@@H](NC(=O)CCc1nc(-c2ccncc2)no1)C(=O)O. The van der Waals surface area contributed by atoms with Gasteiger partial charge in [-0.05, 0) is 19.1 Å². The van der Waals surface area contributed by atoms with Gasteiger partial charge in [-0.15, -0.1) is 0 Å². The molecule has 110 valence electrons. The Morgan fingerprint density at radius 2 is 2.10 bits per heavy atom. The highest BCUT2D eigenvalue weighted by molar-refractivity contribution is 5.83. The number of amides is 1. The van der Waals surface area contributed by atoms with Crippen molar-refractivity contribution in [3.05, 3.63) is 30.4 Å². The fourth-order valence-corrected chi connectivity index (χ4v) is 1.57. The Bertz CT molecular complexity index is 626. The third-order valence-electron chi connectivity index (χ3n) is 2.72. The van der Waals surface area contributed by atoms with Crippen molar-refractivity contribution in [3.8, 4) is 11.4 Å². The largest absolute Gasteiger partial charge is 0.480 e. The molecular weight excluding hydrogens is 276 g/mol. The number of nitrogens with one attached hydrogen (secondary N) is 1. The first-order chi connectivity index (χ1) is 10.1. The van der Waals surface area contributed by atoms with E-state index in [2.05, 4.69) is 20.4 Å². The highest BCUT2D eigenvalue weighted by Gasteiger charge is 2.15. The molecule has 0 spiro atoms. The third-order valence-corrected chi connectivity index (χ3v) is 2.72. The van der Waals surface area contributed by atoms with E-state index in [-0.39, 0.29) is 18.7 Å². The van der Waals surface area contributed by atoms with Gasteiger partial charge in [-0.1, -0.05) is 5.16 Å². The number of rotatable bonds is 6. The van der Waals surface area contributed by atoms with Crippen LogP contribution in [0.1, 0.15) is 19.2 Å². The minimum Gasteiger partial charge on any atom is -0.480 e. The van der Waals surface area contributed by atoms with Crippen molar-refractivity contribution in [3.63, 3.8) is 0 Å². The smallest absolute Gasteiger partial charge is 0.325 e. The molecule has 2 aromatic heterocycles. The van der Waals surface area contributed by atoms with Crippen LogP contribution in [0.3, 0.4) is 0 Å². The lowest BCUT2D eigenvalue weighted by Gasteiger charge is -2.07. The van der Waals surface area contributed by atoms with Gasteiger partial charge in [-0.3, -0.25) is 14.6 Å². The van der Waals surface area contributed by atoms with Gasteiger partial charge >= 0.3 is 5.97 Å². The fraction of sp³-hybridized carbons (Fsp3) is 0.308. The molecule has 0 unspecified atom stereocenters. The van der Waals surface area contributed by atoms with Crippen LogP contribution >= 0.6 is 0 Å². The lowest BCUT2D eigenvalue weighted by atomic mass is 10.2. The quantitative estimate of drug-likeness (QED) is 0.801. The molecule has 0 saturated carbocycles. The van der Waals surface area contributed by atoms with Crippen LogP contribution in [0.25, 0.3) is 11.4 Å². The summed E-state index contributed by atoms with van der Waals surface area (Å²) < 4.78 is 5.04. The molecule has 2 heterocycles. The van der Waals surface area contributed by atoms with Crippen molar-refractivity contribution in [1.29, 1.82) is 0 Å². The first kappa shape index (κ1) is 14.6. The van der Waals surface area contributed by atoms with Crippen molar-refractivity contribution in [1.82, 2.24) is 20.4 Å². The van der Waals surface area contributed by atoms with E-state index >= 15 is 0 Å². The molecule has 2 rings (SSSR count). The standard InChI is InChI=1S/C13H14N4O4/c1-8(13(19)20)15-10(18)2-3-11-16-12(17-21-11)9-4-6-14-7-5-9/h4-8H,2-3H2,1H3,(H,15,18)(H,19,20)/t8-/m1/s1. The number of nitrogens with zero attached hydrogens (tertiary/aromatic N) is 3. The number of pyridine rings is 1. The van der Waals surface area contributed by atoms with Gasteiger partial charge in [0.05, 0.1) is 0 Å². The van der Waals surface area contributed by atoms with Gasteiger partial charge in [0.1, 0.15) is 6.04 Å². The van der Waals surface area contributed by atoms with Crippen LogP contribution in [0.5, 0.6) is 0 Å². The Morgan fingerprint density at radius 1 is 1.38 bits per heavy atom. The number of carboxylic acids is 1. The van der Waals surface area contributed by atoms with E-state index in [1.54, 1.807) is 24.5 Å². The molecule has 0 aliphatic heterocycles. The van der Waals surface area contributed by atoms with Crippen LogP contribution in [0.2, 0.25) is 0 Å². The second-order valence-electron chi connectivity index (χ2n) is 4.38. The van der Waals surface area contributed by atoms with Crippen LogP contribution in [-0.4, -0.2) is 38.1 Å². The van der Waals surface area contributed by atoms with Gasteiger partial charge in [0.2, 0.25) is 17.6 Å². The first-order valence-corrected chi connectivity index (χ1v) is 6.31. The predicted octanol–water partition coefficient (Wildman–Crippen LogP) is 0.654. The summed E-state index contributed by atoms with van der Waals surface area (Å²) in [7, 11) is 0. The van der Waals surface area contributed by atoms with Gasteiger partial charge in [-0.25, -0.2) is 0 Å². The van der Waals surface area contributed by atoms with Gasteiger partial charge in [0.15, 0.2) is 0 Å². The van der Waals surface area contributed by atoms with Gasteiger partial charge in [0, 0.05) is 30.8 Å². The number of carboxylic acid groups (broad SMARTS) is 1. The summed E-state index contributed by atoms with van der Waals surface area (Å²) in [6, 6.07) is 2.57. The minimum absolute atomic E-state index is 0.0790. The second-order valence-corrected chi connectivity index (χ2v) is 4.38. The number of aromatic nitrogens is 3. The molecule has 1 amide bonds. The average molecular weight is 290 g/mol.